The Bertz CT molecular complexity index is 530. The summed E-state index contributed by atoms with van der Waals surface area (Å²) in [6.07, 6.45) is -1.25. The van der Waals surface area contributed by atoms with Crippen LogP contribution in [0.15, 0.2) is 24.3 Å². The Kier molecular flexibility index (Phi) is 5.04. The lowest BCUT2D eigenvalue weighted by Crippen LogP contribution is -2.49. The van der Waals surface area contributed by atoms with Crippen molar-refractivity contribution in [2.24, 2.45) is 5.73 Å². The summed E-state index contributed by atoms with van der Waals surface area (Å²) in [5.74, 6) is -2.01. The lowest BCUT2D eigenvalue weighted by molar-refractivity contribution is -0.141. The molecule has 0 radical (unpaired) electrons. The number of benzene rings is 1. The number of primary amides is 1. The Labute approximate surface area is 114 Å². The van der Waals surface area contributed by atoms with Crippen molar-refractivity contribution >= 4 is 23.6 Å². The summed E-state index contributed by atoms with van der Waals surface area (Å²) in [6.45, 7) is 1.24. The Morgan fingerprint density at radius 1 is 1.30 bits per heavy atom. The van der Waals surface area contributed by atoms with Crippen molar-refractivity contribution in [2.45, 2.75) is 19.1 Å². The lowest BCUT2D eigenvalue weighted by Gasteiger charge is -2.17. The molecule has 1 rings (SSSR count). The highest BCUT2D eigenvalue weighted by Crippen LogP contribution is 2.10. The van der Waals surface area contributed by atoms with Gasteiger partial charge < -0.3 is 26.6 Å². The van der Waals surface area contributed by atoms with Crippen molar-refractivity contribution in [3.8, 4) is 0 Å². The molecule has 0 aliphatic heterocycles. The summed E-state index contributed by atoms with van der Waals surface area (Å²) >= 11 is 0. The Hall–Kier alpha value is -2.61. The number of rotatable bonds is 5. The third kappa shape index (κ3) is 4.25. The van der Waals surface area contributed by atoms with Gasteiger partial charge in [0.05, 0.1) is 6.10 Å². The molecule has 108 valence electrons. The van der Waals surface area contributed by atoms with Gasteiger partial charge in [0, 0.05) is 11.3 Å². The van der Waals surface area contributed by atoms with Crippen molar-refractivity contribution in [1.82, 2.24) is 5.32 Å². The number of carbonyl (C=O) groups is 3. The number of carbonyl (C=O) groups excluding carboxylic acids is 2. The Balaban J connectivity index is 2.73. The van der Waals surface area contributed by atoms with Crippen LogP contribution in [0.1, 0.15) is 17.3 Å². The fraction of sp³-hybridized carbons (Fsp3) is 0.250. The minimum absolute atomic E-state index is 0.202. The second-order valence-corrected chi connectivity index (χ2v) is 4.10. The maximum absolute atomic E-state index is 11.6. The van der Waals surface area contributed by atoms with E-state index >= 15 is 0 Å². The molecule has 0 fully saturated rings. The molecule has 1 aromatic rings. The predicted octanol–water partition coefficient (Wildman–Crippen LogP) is -0.259. The van der Waals surface area contributed by atoms with E-state index in [1.54, 1.807) is 0 Å². The van der Waals surface area contributed by atoms with E-state index in [-0.39, 0.29) is 11.3 Å². The maximum atomic E-state index is 11.6. The van der Waals surface area contributed by atoms with Gasteiger partial charge in [-0.2, -0.15) is 0 Å². The number of nitrogens with two attached hydrogens (primary N) is 1. The van der Waals surface area contributed by atoms with Gasteiger partial charge in [-0.15, -0.1) is 0 Å². The molecule has 0 bridgehead atoms. The molecule has 0 aromatic heterocycles. The minimum atomic E-state index is -1.44. The third-order valence-corrected chi connectivity index (χ3v) is 2.44. The van der Waals surface area contributed by atoms with Crippen LogP contribution in [0.4, 0.5) is 10.5 Å². The van der Waals surface area contributed by atoms with Gasteiger partial charge >= 0.3 is 12.0 Å². The summed E-state index contributed by atoms with van der Waals surface area (Å²) < 4.78 is 0. The summed E-state index contributed by atoms with van der Waals surface area (Å²) in [7, 11) is 0. The molecule has 0 aliphatic rings. The highest BCUT2D eigenvalue weighted by atomic mass is 16.4. The van der Waals surface area contributed by atoms with Crippen molar-refractivity contribution in [3.05, 3.63) is 29.8 Å². The van der Waals surface area contributed by atoms with Crippen LogP contribution < -0.4 is 16.4 Å². The SMILES string of the molecule is C[C@@H](O)[C@H](NC(=O)Nc1cccc(C(N)=O)c1)C(=O)O. The Morgan fingerprint density at radius 3 is 2.45 bits per heavy atom. The van der Waals surface area contributed by atoms with Gasteiger partial charge in [-0.1, -0.05) is 6.07 Å². The zero-order valence-corrected chi connectivity index (χ0v) is 10.7. The molecule has 0 unspecified atom stereocenters. The van der Waals surface area contributed by atoms with E-state index in [2.05, 4.69) is 10.6 Å². The molecular formula is C12H15N3O5. The topological polar surface area (TPSA) is 142 Å². The number of nitrogens with one attached hydrogen (secondary N) is 2. The number of amides is 3. The fourth-order valence-corrected chi connectivity index (χ4v) is 1.45. The van der Waals surface area contributed by atoms with E-state index in [4.69, 9.17) is 10.8 Å². The summed E-state index contributed by atoms with van der Waals surface area (Å²) in [4.78, 5) is 33.4. The maximum Gasteiger partial charge on any atom is 0.328 e. The van der Waals surface area contributed by atoms with Gasteiger partial charge in [0.25, 0.3) is 0 Å². The highest BCUT2D eigenvalue weighted by Gasteiger charge is 2.24. The number of hydrogen-bond donors (Lipinski definition) is 5. The number of aliphatic hydroxyl groups is 1. The summed E-state index contributed by atoms with van der Waals surface area (Å²) in [6, 6.07) is 3.58. The quantitative estimate of drug-likeness (QED) is 0.505. The standard InChI is InChI=1S/C12H15N3O5/c1-6(16)9(11(18)19)15-12(20)14-8-4-2-3-7(5-8)10(13)17/h2-6,9,16H,1H3,(H2,13,17)(H,18,19)(H2,14,15,20)/t6-,9+/m1/s1. The number of carboxylic acid groups (broad SMARTS) is 1. The molecule has 1 aromatic carbocycles. The number of aliphatic hydroxyl groups excluding tert-OH is 1. The number of anilines is 1. The van der Waals surface area contributed by atoms with Crippen molar-refractivity contribution in [1.29, 1.82) is 0 Å². The molecule has 0 aliphatic carbocycles. The van der Waals surface area contributed by atoms with Crippen LogP contribution in [0.5, 0.6) is 0 Å². The van der Waals surface area contributed by atoms with Crippen LogP contribution in [0.25, 0.3) is 0 Å². The molecule has 3 amide bonds. The van der Waals surface area contributed by atoms with Crippen molar-refractivity contribution in [3.63, 3.8) is 0 Å². The van der Waals surface area contributed by atoms with Gasteiger partial charge in [0.15, 0.2) is 6.04 Å². The number of carboxylic acids is 1. The molecular weight excluding hydrogens is 266 g/mol. The van der Waals surface area contributed by atoms with Gasteiger partial charge in [-0.05, 0) is 25.1 Å². The average molecular weight is 281 g/mol. The van der Waals surface area contributed by atoms with Gasteiger partial charge in [0.1, 0.15) is 0 Å². The van der Waals surface area contributed by atoms with E-state index in [0.717, 1.165) is 0 Å². The molecule has 6 N–H and O–H groups in total. The summed E-state index contributed by atoms with van der Waals surface area (Å²) in [5, 5.41) is 22.5. The first-order chi connectivity index (χ1) is 9.31. The van der Waals surface area contributed by atoms with Crippen LogP contribution in [0.3, 0.4) is 0 Å². The number of urea groups is 1. The smallest absolute Gasteiger partial charge is 0.328 e. The second kappa shape index (κ2) is 6.53. The molecule has 0 saturated heterocycles. The van der Waals surface area contributed by atoms with Crippen LogP contribution >= 0.6 is 0 Å². The average Bonchev–Trinajstić information content (AvgIpc) is 2.35. The lowest BCUT2D eigenvalue weighted by atomic mass is 10.2. The largest absolute Gasteiger partial charge is 0.480 e. The van der Waals surface area contributed by atoms with E-state index in [9.17, 15) is 19.5 Å². The van der Waals surface area contributed by atoms with E-state index in [0.29, 0.717) is 0 Å². The monoisotopic (exact) mass is 281 g/mol. The first kappa shape index (κ1) is 15.4. The predicted molar refractivity (Wildman–Crippen MR) is 70.2 cm³/mol. The highest BCUT2D eigenvalue weighted by molar-refractivity contribution is 5.96. The zero-order valence-electron chi connectivity index (χ0n) is 10.7. The van der Waals surface area contributed by atoms with Crippen LogP contribution in [0, 0.1) is 0 Å². The number of hydrogen-bond acceptors (Lipinski definition) is 4. The van der Waals surface area contributed by atoms with Crippen LogP contribution in [-0.2, 0) is 4.79 Å². The van der Waals surface area contributed by atoms with Crippen molar-refractivity contribution < 1.29 is 24.6 Å². The van der Waals surface area contributed by atoms with Crippen molar-refractivity contribution in [2.75, 3.05) is 5.32 Å². The number of aliphatic carboxylic acids is 1. The molecule has 8 nitrogen and oxygen atoms in total. The zero-order chi connectivity index (χ0) is 15.3. The molecule has 0 spiro atoms. The second-order valence-electron chi connectivity index (χ2n) is 4.10. The molecule has 2 atom stereocenters. The van der Waals surface area contributed by atoms with E-state index in [1.165, 1.54) is 31.2 Å². The van der Waals surface area contributed by atoms with Gasteiger partial charge in [-0.25, -0.2) is 9.59 Å². The fourth-order valence-electron chi connectivity index (χ4n) is 1.45. The van der Waals surface area contributed by atoms with E-state index in [1.807, 2.05) is 0 Å². The minimum Gasteiger partial charge on any atom is -0.480 e. The first-order valence-electron chi connectivity index (χ1n) is 5.69. The van der Waals surface area contributed by atoms with Gasteiger partial charge in [-0.3, -0.25) is 4.79 Å². The first-order valence-corrected chi connectivity index (χ1v) is 5.69. The summed E-state index contributed by atoms with van der Waals surface area (Å²) in [5.41, 5.74) is 5.57. The van der Waals surface area contributed by atoms with Crippen LogP contribution in [0.2, 0.25) is 0 Å². The van der Waals surface area contributed by atoms with Crippen LogP contribution in [-0.4, -0.2) is 40.3 Å². The third-order valence-electron chi connectivity index (χ3n) is 2.44. The molecule has 0 saturated carbocycles. The van der Waals surface area contributed by atoms with Gasteiger partial charge in [0.2, 0.25) is 5.91 Å². The molecule has 0 heterocycles. The Morgan fingerprint density at radius 2 is 1.95 bits per heavy atom. The molecule has 20 heavy (non-hydrogen) atoms. The van der Waals surface area contributed by atoms with E-state index < -0.39 is 30.1 Å². The normalized spacial score (nSPS) is 13.1. The molecule has 8 heteroatoms.